The minimum Gasteiger partial charge on any atom is -0.384 e. The number of halogens is 1. The van der Waals surface area contributed by atoms with Crippen LogP contribution in [0.25, 0.3) is 16.8 Å². The topological polar surface area (TPSA) is 43.6 Å². The third-order valence-electron chi connectivity index (χ3n) is 3.49. The van der Waals surface area contributed by atoms with Gasteiger partial charge in [-0.25, -0.2) is 4.98 Å². The van der Waals surface area contributed by atoms with Crippen LogP contribution in [-0.4, -0.2) is 23.1 Å². The Balaban J connectivity index is 2.27. The molecule has 2 aromatic heterocycles. The van der Waals surface area contributed by atoms with Gasteiger partial charge in [0, 0.05) is 24.8 Å². The maximum atomic E-state index is 12.8. The van der Waals surface area contributed by atoms with Gasteiger partial charge in [0.15, 0.2) is 0 Å². The summed E-state index contributed by atoms with van der Waals surface area (Å²) < 4.78 is 6.69. The first-order valence-corrected chi connectivity index (χ1v) is 7.33. The quantitative estimate of drug-likeness (QED) is 0.742. The number of hydrogen-bond donors (Lipinski definition) is 0. The van der Waals surface area contributed by atoms with Gasteiger partial charge in [0.25, 0.3) is 5.56 Å². The lowest BCUT2D eigenvalue weighted by Crippen LogP contribution is -2.20. The van der Waals surface area contributed by atoms with Crippen LogP contribution in [0.4, 0.5) is 0 Å². The lowest BCUT2D eigenvalue weighted by molar-refractivity contribution is 0.201. The van der Waals surface area contributed by atoms with Gasteiger partial charge in [-0.15, -0.1) is 0 Å². The molecule has 0 fully saturated rings. The van der Waals surface area contributed by atoms with Crippen molar-refractivity contribution in [1.82, 2.24) is 9.38 Å². The Hall–Kier alpha value is -2.17. The van der Waals surface area contributed by atoms with Crippen molar-refractivity contribution in [1.29, 1.82) is 0 Å². The SMILES string of the molecule is COCCc1nc2ccccn2c(=O)c1-c1ccc(Cl)cc1. The molecule has 22 heavy (non-hydrogen) atoms. The summed E-state index contributed by atoms with van der Waals surface area (Å²) in [5.74, 6) is 0. The molecule has 0 aliphatic rings. The van der Waals surface area contributed by atoms with E-state index in [1.807, 2.05) is 30.3 Å². The molecule has 0 saturated heterocycles. The Morgan fingerprint density at radius 1 is 1.18 bits per heavy atom. The molecule has 4 nitrogen and oxygen atoms in total. The minimum absolute atomic E-state index is 0.0842. The molecule has 3 aromatic rings. The van der Waals surface area contributed by atoms with Crippen molar-refractivity contribution >= 4 is 17.2 Å². The second-order valence-electron chi connectivity index (χ2n) is 4.92. The molecule has 0 N–H and O–H groups in total. The highest BCUT2D eigenvalue weighted by Crippen LogP contribution is 2.22. The van der Waals surface area contributed by atoms with Crippen LogP contribution in [0.15, 0.2) is 53.5 Å². The molecule has 0 saturated carbocycles. The van der Waals surface area contributed by atoms with Gasteiger partial charge >= 0.3 is 0 Å². The Bertz CT molecular complexity index is 857. The predicted octanol–water partition coefficient (Wildman–Crippen LogP) is 3.20. The van der Waals surface area contributed by atoms with Crippen LogP contribution in [0, 0.1) is 0 Å². The Morgan fingerprint density at radius 3 is 2.68 bits per heavy atom. The van der Waals surface area contributed by atoms with Crippen LogP contribution < -0.4 is 5.56 Å². The summed E-state index contributed by atoms with van der Waals surface area (Å²) in [6.45, 7) is 0.510. The zero-order valence-electron chi connectivity index (χ0n) is 12.1. The molecule has 2 heterocycles. The van der Waals surface area contributed by atoms with Crippen LogP contribution >= 0.6 is 11.6 Å². The van der Waals surface area contributed by atoms with Crippen LogP contribution in [0.5, 0.6) is 0 Å². The number of nitrogens with zero attached hydrogens (tertiary/aromatic N) is 2. The van der Waals surface area contributed by atoms with E-state index in [9.17, 15) is 4.79 Å². The van der Waals surface area contributed by atoms with Crippen molar-refractivity contribution in [2.24, 2.45) is 0 Å². The normalized spacial score (nSPS) is 11.0. The number of methoxy groups -OCH3 is 1. The summed E-state index contributed by atoms with van der Waals surface area (Å²) in [5, 5.41) is 0.635. The lowest BCUT2D eigenvalue weighted by Gasteiger charge is -2.11. The van der Waals surface area contributed by atoms with Gasteiger partial charge in [-0.3, -0.25) is 9.20 Å². The zero-order chi connectivity index (χ0) is 15.5. The first-order chi connectivity index (χ1) is 10.7. The molecule has 0 amide bonds. The van der Waals surface area contributed by atoms with Gasteiger partial charge in [-0.2, -0.15) is 0 Å². The molecule has 0 spiro atoms. The number of benzene rings is 1. The van der Waals surface area contributed by atoms with Crippen molar-refractivity contribution in [3.63, 3.8) is 0 Å². The van der Waals surface area contributed by atoms with Gasteiger partial charge < -0.3 is 4.74 Å². The van der Waals surface area contributed by atoms with Crippen LogP contribution in [0.1, 0.15) is 5.69 Å². The second kappa shape index (κ2) is 6.30. The van der Waals surface area contributed by atoms with Crippen molar-refractivity contribution in [2.75, 3.05) is 13.7 Å². The van der Waals surface area contributed by atoms with Crippen LogP contribution in [0.2, 0.25) is 5.02 Å². The molecule has 3 rings (SSSR count). The number of hydrogen-bond acceptors (Lipinski definition) is 3. The minimum atomic E-state index is -0.0842. The van der Waals surface area contributed by atoms with Crippen LogP contribution in [0.3, 0.4) is 0 Å². The molecule has 0 radical (unpaired) electrons. The van der Waals surface area contributed by atoms with Gasteiger partial charge in [0.1, 0.15) is 5.65 Å². The predicted molar refractivity (Wildman–Crippen MR) is 87.5 cm³/mol. The summed E-state index contributed by atoms with van der Waals surface area (Å²) in [6, 6.07) is 12.7. The van der Waals surface area contributed by atoms with Crippen LogP contribution in [-0.2, 0) is 11.2 Å². The highest BCUT2D eigenvalue weighted by molar-refractivity contribution is 6.30. The van der Waals surface area contributed by atoms with Gasteiger partial charge in [0.05, 0.1) is 17.9 Å². The van der Waals surface area contributed by atoms with E-state index in [2.05, 4.69) is 4.98 Å². The second-order valence-corrected chi connectivity index (χ2v) is 5.35. The molecular weight excluding hydrogens is 300 g/mol. The van der Waals surface area contributed by atoms with Crippen molar-refractivity contribution in [3.8, 4) is 11.1 Å². The molecule has 0 unspecified atom stereocenters. The average Bonchev–Trinajstić information content (AvgIpc) is 2.54. The molecule has 0 aliphatic heterocycles. The van der Waals surface area contributed by atoms with Gasteiger partial charge in [0.2, 0.25) is 0 Å². The smallest absolute Gasteiger partial charge is 0.265 e. The Morgan fingerprint density at radius 2 is 1.95 bits per heavy atom. The summed E-state index contributed by atoms with van der Waals surface area (Å²) >= 11 is 5.94. The zero-order valence-corrected chi connectivity index (χ0v) is 12.9. The van der Waals surface area contributed by atoms with Crippen molar-refractivity contribution < 1.29 is 4.74 Å². The Labute approximate surface area is 133 Å². The van der Waals surface area contributed by atoms with E-state index in [0.717, 1.165) is 11.3 Å². The Kier molecular flexibility index (Phi) is 4.22. The molecule has 0 atom stereocenters. The maximum absolute atomic E-state index is 12.8. The molecular formula is C17H15ClN2O2. The molecule has 112 valence electrons. The fourth-order valence-electron chi connectivity index (χ4n) is 2.42. The first kappa shape index (κ1) is 14.8. The van der Waals surface area contributed by atoms with E-state index >= 15 is 0 Å². The molecule has 1 aromatic carbocycles. The largest absolute Gasteiger partial charge is 0.384 e. The fourth-order valence-corrected chi connectivity index (χ4v) is 2.55. The molecule has 5 heteroatoms. The number of ether oxygens (including phenoxy) is 1. The van der Waals surface area contributed by atoms with E-state index in [1.165, 1.54) is 0 Å². The number of fused-ring (bicyclic) bond motifs is 1. The van der Waals surface area contributed by atoms with E-state index in [1.54, 1.807) is 29.8 Å². The molecule has 0 bridgehead atoms. The standard InChI is InChI=1S/C17H15ClN2O2/c1-22-11-9-14-16(12-5-7-13(18)8-6-12)17(21)20-10-3-2-4-15(20)19-14/h2-8,10H,9,11H2,1H3. The van der Waals surface area contributed by atoms with Crippen molar-refractivity contribution in [2.45, 2.75) is 6.42 Å². The lowest BCUT2D eigenvalue weighted by atomic mass is 10.0. The van der Waals surface area contributed by atoms with E-state index < -0.39 is 0 Å². The summed E-state index contributed by atoms with van der Waals surface area (Å²) in [6.07, 6.45) is 2.30. The fraction of sp³-hybridized carbons (Fsp3) is 0.176. The average molecular weight is 315 g/mol. The summed E-state index contributed by atoms with van der Waals surface area (Å²) in [7, 11) is 1.63. The monoisotopic (exact) mass is 314 g/mol. The number of pyridine rings is 1. The number of aromatic nitrogens is 2. The highest BCUT2D eigenvalue weighted by Gasteiger charge is 2.14. The van der Waals surface area contributed by atoms with E-state index in [-0.39, 0.29) is 5.56 Å². The van der Waals surface area contributed by atoms with Gasteiger partial charge in [-0.05, 0) is 29.8 Å². The highest BCUT2D eigenvalue weighted by atomic mass is 35.5. The third-order valence-corrected chi connectivity index (χ3v) is 3.74. The van der Waals surface area contributed by atoms with E-state index in [0.29, 0.717) is 29.3 Å². The third kappa shape index (κ3) is 2.75. The van der Waals surface area contributed by atoms with Crippen molar-refractivity contribution in [3.05, 3.63) is 69.7 Å². The first-order valence-electron chi connectivity index (χ1n) is 6.96. The molecule has 0 aliphatic carbocycles. The summed E-state index contributed by atoms with van der Waals surface area (Å²) in [4.78, 5) is 17.5. The maximum Gasteiger partial charge on any atom is 0.265 e. The number of rotatable bonds is 4. The van der Waals surface area contributed by atoms with Gasteiger partial charge in [-0.1, -0.05) is 29.8 Å². The van der Waals surface area contributed by atoms with E-state index in [4.69, 9.17) is 16.3 Å². The summed E-state index contributed by atoms with van der Waals surface area (Å²) in [5.41, 5.74) is 2.69.